The predicted octanol–water partition coefficient (Wildman–Crippen LogP) is 5.30. The molecule has 1 unspecified atom stereocenters. The van der Waals surface area contributed by atoms with Gasteiger partial charge in [-0.25, -0.2) is 9.97 Å². The number of hydrogen-bond acceptors (Lipinski definition) is 6. The van der Waals surface area contributed by atoms with Crippen LogP contribution in [0.25, 0.3) is 11.3 Å². The Bertz CT molecular complexity index is 1160. The Morgan fingerprint density at radius 3 is 2.50 bits per heavy atom. The normalized spacial score (nSPS) is 16.2. The van der Waals surface area contributed by atoms with Gasteiger partial charge in [0.1, 0.15) is 0 Å². The molecule has 2 aliphatic carbocycles. The number of unbranched alkanes of at least 4 members (excludes halogenated alkanes) is 1. The molecule has 0 spiro atoms. The fraction of sp³-hybridized carbons (Fsp3) is 0.452. The van der Waals surface area contributed by atoms with Gasteiger partial charge in [-0.05, 0) is 81.6 Å². The summed E-state index contributed by atoms with van der Waals surface area (Å²) in [7, 11) is 6.17. The van der Waals surface area contributed by atoms with Crippen LogP contribution in [0, 0.1) is 0 Å². The molecule has 0 bridgehead atoms. The van der Waals surface area contributed by atoms with E-state index in [2.05, 4.69) is 88.5 Å². The highest BCUT2D eigenvalue weighted by molar-refractivity contribution is 5.72. The van der Waals surface area contributed by atoms with Gasteiger partial charge in [-0.3, -0.25) is 4.79 Å². The average Bonchev–Trinajstić information content (AvgIpc) is 3.46. The quantitative estimate of drug-likeness (QED) is 0.252. The molecule has 2 aromatic carbocycles. The largest absolute Gasteiger partial charge is 0.388 e. The van der Waals surface area contributed by atoms with Gasteiger partial charge in [0.05, 0.1) is 5.69 Å². The number of benzene rings is 2. The first-order valence-corrected chi connectivity index (χ1v) is 13.9. The summed E-state index contributed by atoms with van der Waals surface area (Å²) in [6.07, 6.45) is 10.9. The van der Waals surface area contributed by atoms with Crippen LogP contribution in [0.4, 0.5) is 11.6 Å². The predicted molar refractivity (Wildman–Crippen MR) is 157 cm³/mol. The zero-order valence-electron chi connectivity index (χ0n) is 23.0. The molecule has 7 heteroatoms. The van der Waals surface area contributed by atoms with Gasteiger partial charge in [0.15, 0.2) is 0 Å². The number of hydrogen-bond donors (Lipinski definition) is 3. The molecule has 1 saturated carbocycles. The maximum Gasteiger partial charge on any atom is 0.223 e. The Balaban J connectivity index is 0.000000360. The maximum atomic E-state index is 9.85. The number of rotatable bonds is 10. The molecule has 1 amide bonds. The lowest BCUT2D eigenvalue weighted by Crippen LogP contribution is -2.23. The van der Waals surface area contributed by atoms with Crippen molar-refractivity contribution in [3.8, 4) is 11.3 Å². The molecule has 0 aliphatic heterocycles. The molecule has 1 atom stereocenters. The SMILES string of the molecule is CNc1ccc(C2Cc3cnc(NCCCCN(C)C)nc3-c3ccccc32)cc1.O=CNC1CCCC1. The summed E-state index contributed by atoms with van der Waals surface area (Å²) in [6, 6.07) is 17.9. The fourth-order valence-corrected chi connectivity index (χ4v) is 5.34. The minimum Gasteiger partial charge on any atom is -0.388 e. The Labute approximate surface area is 227 Å². The first-order valence-electron chi connectivity index (χ1n) is 13.9. The standard InChI is InChI=1S/C25H31N5.C6H11NO/c1-26-20-12-10-18(11-13-20)23-16-19-17-28-25(27-14-6-7-15-30(2)3)29-24(19)22-9-5-4-8-21(22)23;8-5-7-6-3-1-2-4-6/h4-5,8-13,17,23,26H,6-7,14-16H2,1-3H3,(H,27,28,29);5-6H,1-4H2,(H,7,8). The third-order valence-electron chi connectivity index (χ3n) is 7.46. The van der Waals surface area contributed by atoms with E-state index in [1.165, 1.54) is 54.4 Å². The molecule has 5 rings (SSSR count). The summed E-state index contributed by atoms with van der Waals surface area (Å²) in [5.74, 6) is 1.05. The third-order valence-corrected chi connectivity index (χ3v) is 7.46. The van der Waals surface area contributed by atoms with E-state index in [9.17, 15) is 4.79 Å². The number of carbonyl (C=O) groups is 1. The van der Waals surface area contributed by atoms with Gasteiger partial charge >= 0.3 is 0 Å². The van der Waals surface area contributed by atoms with E-state index < -0.39 is 0 Å². The number of anilines is 2. The van der Waals surface area contributed by atoms with E-state index in [-0.39, 0.29) is 0 Å². The number of nitrogens with zero attached hydrogens (tertiary/aromatic N) is 3. The van der Waals surface area contributed by atoms with Crippen molar-refractivity contribution in [1.29, 1.82) is 0 Å². The molecule has 2 aliphatic rings. The van der Waals surface area contributed by atoms with Gasteiger partial charge < -0.3 is 20.9 Å². The highest BCUT2D eigenvalue weighted by Gasteiger charge is 2.27. The summed E-state index contributed by atoms with van der Waals surface area (Å²) >= 11 is 0. The van der Waals surface area contributed by atoms with Crippen molar-refractivity contribution in [3.63, 3.8) is 0 Å². The summed E-state index contributed by atoms with van der Waals surface area (Å²) in [6.45, 7) is 2.01. The molecular formula is C31H42N6O. The molecule has 3 aromatic rings. The van der Waals surface area contributed by atoms with Crippen LogP contribution >= 0.6 is 0 Å². The van der Waals surface area contributed by atoms with Crippen LogP contribution in [0.5, 0.6) is 0 Å². The van der Waals surface area contributed by atoms with E-state index >= 15 is 0 Å². The third kappa shape index (κ3) is 7.32. The molecule has 0 radical (unpaired) electrons. The van der Waals surface area contributed by atoms with Crippen molar-refractivity contribution in [3.05, 3.63) is 71.4 Å². The Hall–Kier alpha value is -3.45. The average molecular weight is 515 g/mol. The number of amides is 1. The number of nitrogens with one attached hydrogen (secondary N) is 3. The molecule has 1 heterocycles. The van der Waals surface area contributed by atoms with Crippen LogP contribution in [0.3, 0.4) is 0 Å². The highest BCUT2D eigenvalue weighted by atomic mass is 16.1. The molecular weight excluding hydrogens is 472 g/mol. The first-order chi connectivity index (χ1) is 18.6. The van der Waals surface area contributed by atoms with Crippen LogP contribution < -0.4 is 16.0 Å². The monoisotopic (exact) mass is 514 g/mol. The lowest BCUT2D eigenvalue weighted by Gasteiger charge is -2.27. The fourth-order valence-electron chi connectivity index (χ4n) is 5.34. The molecule has 38 heavy (non-hydrogen) atoms. The Morgan fingerprint density at radius 2 is 1.79 bits per heavy atom. The Morgan fingerprint density at radius 1 is 1.03 bits per heavy atom. The smallest absolute Gasteiger partial charge is 0.223 e. The minimum absolute atomic E-state index is 0.327. The second kappa shape index (κ2) is 13.9. The van der Waals surface area contributed by atoms with Crippen LogP contribution in [0.15, 0.2) is 54.7 Å². The van der Waals surface area contributed by atoms with Gasteiger partial charge in [-0.2, -0.15) is 0 Å². The second-order valence-corrected chi connectivity index (χ2v) is 10.5. The van der Waals surface area contributed by atoms with Gasteiger partial charge in [0.25, 0.3) is 0 Å². The Kier molecular flexibility index (Phi) is 10.1. The zero-order chi connectivity index (χ0) is 26.7. The van der Waals surface area contributed by atoms with Crippen LogP contribution in [0.1, 0.15) is 61.1 Å². The van der Waals surface area contributed by atoms with Gasteiger partial charge in [-0.15, -0.1) is 0 Å². The molecule has 202 valence electrons. The highest BCUT2D eigenvalue weighted by Crippen LogP contribution is 2.42. The van der Waals surface area contributed by atoms with E-state index in [1.807, 2.05) is 13.2 Å². The van der Waals surface area contributed by atoms with Crippen molar-refractivity contribution in [1.82, 2.24) is 20.2 Å². The molecule has 1 fully saturated rings. The topological polar surface area (TPSA) is 82.2 Å². The van der Waals surface area contributed by atoms with Crippen molar-refractivity contribution in [2.75, 3.05) is 44.9 Å². The number of fused-ring (bicyclic) bond motifs is 3. The van der Waals surface area contributed by atoms with E-state index in [4.69, 9.17) is 4.98 Å². The van der Waals surface area contributed by atoms with Crippen LogP contribution in [-0.4, -0.2) is 61.6 Å². The van der Waals surface area contributed by atoms with Gasteiger partial charge in [0.2, 0.25) is 12.4 Å². The minimum atomic E-state index is 0.327. The molecule has 1 aromatic heterocycles. The molecule has 0 saturated heterocycles. The van der Waals surface area contributed by atoms with E-state index in [0.29, 0.717) is 12.0 Å². The van der Waals surface area contributed by atoms with Crippen molar-refractivity contribution < 1.29 is 4.79 Å². The summed E-state index contributed by atoms with van der Waals surface area (Å²) in [5, 5.41) is 9.37. The van der Waals surface area contributed by atoms with Gasteiger partial charge in [-0.1, -0.05) is 49.2 Å². The van der Waals surface area contributed by atoms with Crippen molar-refractivity contribution in [2.24, 2.45) is 0 Å². The lowest BCUT2D eigenvalue weighted by molar-refractivity contribution is -0.110. The van der Waals surface area contributed by atoms with Crippen molar-refractivity contribution in [2.45, 2.75) is 56.9 Å². The van der Waals surface area contributed by atoms with E-state index in [0.717, 1.165) is 49.7 Å². The van der Waals surface area contributed by atoms with Gasteiger partial charge in [0, 0.05) is 43.0 Å². The second-order valence-electron chi connectivity index (χ2n) is 10.5. The van der Waals surface area contributed by atoms with Crippen LogP contribution in [0.2, 0.25) is 0 Å². The maximum absolute atomic E-state index is 9.85. The number of aromatic nitrogens is 2. The van der Waals surface area contributed by atoms with Crippen LogP contribution in [-0.2, 0) is 11.2 Å². The summed E-state index contributed by atoms with van der Waals surface area (Å²) in [4.78, 5) is 21.6. The summed E-state index contributed by atoms with van der Waals surface area (Å²) in [5.41, 5.74) is 7.31. The molecule has 7 nitrogen and oxygen atoms in total. The van der Waals surface area contributed by atoms with Crippen molar-refractivity contribution >= 4 is 18.0 Å². The van der Waals surface area contributed by atoms with E-state index in [1.54, 1.807) is 0 Å². The summed E-state index contributed by atoms with van der Waals surface area (Å²) < 4.78 is 0. The molecule has 3 N–H and O–H groups in total. The zero-order valence-corrected chi connectivity index (χ0v) is 23.0. The number of carbonyl (C=O) groups excluding carboxylic acids is 1. The first kappa shape index (κ1) is 27.6. The lowest BCUT2D eigenvalue weighted by atomic mass is 9.78.